The van der Waals surface area contributed by atoms with Gasteiger partial charge in [-0.15, -0.1) is 0 Å². The van der Waals surface area contributed by atoms with Crippen molar-refractivity contribution in [3.63, 3.8) is 0 Å². The molecule has 2 heteroatoms. The first-order valence-corrected chi connectivity index (χ1v) is 7.28. The van der Waals surface area contributed by atoms with E-state index in [1.54, 1.807) is 0 Å². The number of hydrogen-bond acceptors (Lipinski definition) is 2. The van der Waals surface area contributed by atoms with Crippen molar-refractivity contribution in [1.82, 2.24) is 0 Å². The summed E-state index contributed by atoms with van der Waals surface area (Å²) in [6.45, 7) is 6.53. The molecule has 0 heterocycles. The van der Waals surface area contributed by atoms with E-state index in [1.807, 2.05) is 37.3 Å². The second-order valence-corrected chi connectivity index (χ2v) is 5.30. The first-order valence-electron chi connectivity index (χ1n) is 7.28. The Balaban J connectivity index is 1.73. The molecule has 1 aromatic rings. The first-order chi connectivity index (χ1) is 9.28. The van der Waals surface area contributed by atoms with Crippen LogP contribution in [0.25, 0.3) is 6.08 Å². The summed E-state index contributed by atoms with van der Waals surface area (Å²) in [5, 5.41) is 0. The van der Waals surface area contributed by atoms with Gasteiger partial charge in [0.1, 0.15) is 5.75 Å². The molecule has 0 bridgehead atoms. The molecule has 1 aromatic carbocycles. The summed E-state index contributed by atoms with van der Waals surface area (Å²) in [5.74, 6) is 1.57. The molecule has 0 aromatic heterocycles. The summed E-state index contributed by atoms with van der Waals surface area (Å²) in [6.07, 6.45) is 8.35. The molecular formula is C17H24O2. The molecule has 1 fully saturated rings. The van der Waals surface area contributed by atoms with Crippen molar-refractivity contribution in [3.05, 3.63) is 36.4 Å². The number of rotatable bonds is 6. The van der Waals surface area contributed by atoms with Gasteiger partial charge in [0.2, 0.25) is 0 Å². The van der Waals surface area contributed by atoms with E-state index in [2.05, 4.69) is 6.58 Å². The van der Waals surface area contributed by atoms with Crippen LogP contribution in [0.5, 0.6) is 5.75 Å². The van der Waals surface area contributed by atoms with Crippen LogP contribution in [-0.4, -0.2) is 12.9 Å². The monoisotopic (exact) mass is 260 g/mol. The zero-order valence-electron chi connectivity index (χ0n) is 11.8. The van der Waals surface area contributed by atoms with Gasteiger partial charge in [0.05, 0.1) is 6.61 Å². The number of ether oxygens (including phenoxy) is 2. The lowest BCUT2D eigenvalue weighted by Crippen LogP contribution is -2.22. The first kappa shape index (κ1) is 14.1. The van der Waals surface area contributed by atoms with Crippen molar-refractivity contribution in [1.29, 1.82) is 0 Å². The maximum Gasteiger partial charge on any atom is 0.196 e. The molecule has 0 saturated heterocycles. The van der Waals surface area contributed by atoms with Crippen LogP contribution in [0.3, 0.4) is 0 Å². The van der Waals surface area contributed by atoms with E-state index in [-0.39, 0.29) is 6.29 Å². The SMILES string of the molecule is C=Cc1ccc(OC(C)OCC2CCCCC2)cc1. The lowest BCUT2D eigenvalue weighted by atomic mass is 9.90. The van der Waals surface area contributed by atoms with Crippen LogP contribution in [0.1, 0.15) is 44.6 Å². The lowest BCUT2D eigenvalue weighted by Gasteiger charge is -2.23. The Bertz CT molecular complexity index is 377. The Labute approximate surface area is 116 Å². The van der Waals surface area contributed by atoms with E-state index in [0.29, 0.717) is 0 Å². The highest BCUT2D eigenvalue weighted by molar-refractivity contribution is 5.48. The van der Waals surface area contributed by atoms with E-state index >= 15 is 0 Å². The second kappa shape index (κ2) is 7.34. The molecule has 1 atom stereocenters. The second-order valence-electron chi connectivity index (χ2n) is 5.30. The quantitative estimate of drug-likeness (QED) is 0.693. The Kier molecular flexibility index (Phi) is 5.46. The van der Waals surface area contributed by atoms with Crippen LogP contribution in [0.4, 0.5) is 0 Å². The molecule has 2 rings (SSSR count). The predicted molar refractivity (Wildman–Crippen MR) is 79.2 cm³/mol. The Morgan fingerprint density at radius 2 is 1.89 bits per heavy atom. The normalized spacial score (nSPS) is 17.9. The van der Waals surface area contributed by atoms with Gasteiger partial charge in [-0.25, -0.2) is 0 Å². The van der Waals surface area contributed by atoms with Crippen molar-refractivity contribution in [2.75, 3.05) is 6.61 Å². The van der Waals surface area contributed by atoms with Crippen LogP contribution in [0, 0.1) is 5.92 Å². The van der Waals surface area contributed by atoms with Gasteiger partial charge >= 0.3 is 0 Å². The third kappa shape index (κ3) is 4.71. The number of hydrogen-bond donors (Lipinski definition) is 0. The van der Waals surface area contributed by atoms with E-state index in [4.69, 9.17) is 9.47 Å². The summed E-state index contributed by atoms with van der Waals surface area (Å²) in [6, 6.07) is 7.90. The van der Waals surface area contributed by atoms with Gasteiger partial charge < -0.3 is 9.47 Å². The van der Waals surface area contributed by atoms with Crippen molar-refractivity contribution in [3.8, 4) is 5.75 Å². The van der Waals surface area contributed by atoms with Gasteiger partial charge in [-0.2, -0.15) is 0 Å². The largest absolute Gasteiger partial charge is 0.465 e. The highest BCUT2D eigenvalue weighted by Crippen LogP contribution is 2.24. The fourth-order valence-corrected chi connectivity index (χ4v) is 2.53. The van der Waals surface area contributed by atoms with Crippen LogP contribution in [0.15, 0.2) is 30.8 Å². The smallest absolute Gasteiger partial charge is 0.196 e. The summed E-state index contributed by atoms with van der Waals surface area (Å²) < 4.78 is 11.5. The zero-order chi connectivity index (χ0) is 13.5. The lowest BCUT2D eigenvalue weighted by molar-refractivity contribution is -0.0820. The topological polar surface area (TPSA) is 18.5 Å². The highest BCUT2D eigenvalue weighted by Gasteiger charge is 2.15. The van der Waals surface area contributed by atoms with Crippen LogP contribution in [-0.2, 0) is 4.74 Å². The highest BCUT2D eigenvalue weighted by atomic mass is 16.7. The van der Waals surface area contributed by atoms with E-state index < -0.39 is 0 Å². The zero-order valence-corrected chi connectivity index (χ0v) is 11.8. The summed E-state index contributed by atoms with van der Waals surface area (Å²) in [4.78, 5) is 0. The molecule has 1 aliphatic rings. The van der Waals surface area contributed by atoms with Crippen molar-refractivity contribution in [2.45, 2.75) is 45.3 Å². The third-order valence-corrected chi connectivity index (χ3v) is 3.71. The molecular weight excluding hydrogens is 236 g/mol. The molecule has 0 aliphatic heterocycles. The summed E-state index contributed by atoms with van der Waals surface area (Å²) in [5.41, 5.74) is 1.10. The molecule has 2 nitrogen and oxygen atoms in total. The van der Waals surface area contributed by atoms with Gasteiger partial charge in [0, 0.05) is 0 Å². The molecule has 0 radical (unpaired) electrons. The minimum absolute atomic E-state index is 0.184. The van der Waals surface area contributed by atoms with Gasteiger partial charge in [-0.05, 0) is 43.4 Å². The van der Waals surface area contributed by atoms with Crippen LogP contribution < -0.4 is 4.74 Å². The van der Waals surface area contributed by atoms with Crippen LogP contribution in [0.2, 0.25) is 0 Å². The molecule has 104 valence electrons. The summed E-state index contributed by atoms with van der Waals surface area (Å²) >= 11 is 0. The Morgan fingerprint density at radius 1 is 1.21 bits per heavy atom. The fraction of sp³-hybridized carbons (Fsp3) is 0.529. The minimum atomic E-state index is -0.184. The molecule has 1 saturated carbocycles. The molecule has 0 spiro atoms. The molecule has 1 unspecified atom stereocenters. The molecule has 0 N–H and O–H groups in total. The fourth-order valence-electron chi connectivity index (χ4n) is 2.53. The average molecular weight is 260 g/mol. The molecule has 19 heavy (non-hydrogen) atoms. The van der Waals surface area contributed by atoms with Crippen LogP contribution >= 0.6 is 0 Å². The maximum absolute atomic E-state index is 5.80. The average Bonchev–Trinajstić information content (AvgIpc) is 2.47. The van der Waals surface area contributed by atoms with Crippen molar-refractivity contribution in [2.24, 2.45) is 5.92 Å². The van der Waals surface area contributed by atoms with Crippen molar-refractivity contribution < 1.29 is 9.47 Å². The Morgan fingerprint density at radius 3 is 2.53 bits per heavy atom. The standard InChI is InChI=1S/C17H24O2/c1-3-15-9-11-17(12-10-15)19-14(2)18-13-16-7-5-4-6-8-16/h3,9-12,14,16H,1,4-8,13H2,2H3. The maximum atomic E-state index is 5.80. The van der Waals surface area contributed by atoms with E-state index in [1.165, 1.54) is 32.1 Å². The number of benzene rings is 1. The van der Waals surface area contributed by atoms with Crippen molar-refractivity contribution >= 4 is 6.08 Å². The van der Waals surface area contributed by atoms with Gasteiger partial charge in [-0.3, -0.25) is 0 Å². The van der Waals surface area contributed by atoms with E-state index in [0.717, 1.165) is 23.8 Å². The van der Waals surface area contributed by atoms with Gasteiger partial charge in [0.15, 0.2) is 6.29 Å². The third-order valence-electron chi connectivity index (χ3n) is 3.71. The minimum Gasteiger partial charge on any atom is -0.465 e. The van der Waals surface area contributed by atoms with E-state index in [9.17, 15) is 0 Å². The Hall–Kier alpha value is -1.28. The summed E-state index contributed by atoms with van der Waals surface area (Å²) in [7, 11) is 0. The molecule has 0 amide bonds. The van der Waals surface area contributed by atoms with Gasteiger partial charge in [0.25, 0.3) is 0 Å². The predicted octanol–water partition coefficient (Wildman–Crippen LogP) is 4.65. The van der Waals surface area contributed by atoms with Gasteiger partial charge in [-0.1, -0.05) is 44.1 Å². The molecule has 1 aliphatic carbocycles.